The van der Waals surface area contributed by atoms with Crippen LogP contribution in [0.3, 0.4) is 0 Å². The van der Waals surface area contributed by atoms with Gasteiger partial charge in [0, 0.05) is 6.42 Å². The molecule has 0 bridgehead atoms. The van der Waals surface area contributed by atoms with Crippen LogP contribution in [0.25, 0.3) is 0 Å². The number of carbonyl (C=O) groups excluding carboxylic acids is 3. The second-order valence-corrected chi connectivity index (χ2v) is 9.33. The highest BCUT2D eigenvalue weighted by Crippen LogP contribution is 2.09. The van der Waals surface area contributed by atoms with Gasteiger partial charge in [0.15, 0.2) is 0 Å². The van der Waals surface area contributed by atoms with Crippen LogP contribution >= 0.6 is 0 Å². The third-order valence-corrected chi connectivity index (χ3v) is 5.56. The molecule has 1 aromatic rings. The number of benzene rings is 1. The van der Waals surface area contributed by atoms with E-state index < -0.39 is 60.2 Å². The van der Waals surface area contributed by atoms with Gasteiger partial charge in [-0.25, -0.2) is 4.79 Å². The molecular weight excluding hydrogens is 482 g/mol. The molecule has 0 fully saturated rings. The molecule has 0 spiro atoms. The zero-order chi connectivity index (χ0) is 28.0. The van der Waals surface area contributed by atoms with E-state index in [2.05, 4.69) is 16.0 Å². The largest absolute Gasteiger partial charge is 0.481 e. The molecular formula is C25H39N5O7. The summed E-state index contributed by atoms with van der Waals surface area (Å²) >= 11 is 0. The third kappa shape index (κ3) is 12.3. The smallest absolute Gasteiger partial charge is 0.326 e. The Kier molecular flexibility index (Phi) is 13.9. The number of nitrogens with two attached hydrogens (primary N) is 2. The maximum atomic E-state index is 13.1. The van der Waals surface area contributed by atoms with Crippen LogP contribution < -0.4 is 27.4 Å². The van der Waals surface area contributed by atoms with Gasteiger partial charge in [-0.2, -0.15) is 0 Å². The number of rotatable bonds is 17. The number of amides is 3. The Labute approximate surface area is 216 Å². The van der Waals surface area contributed by atoms with E-state index in [0.29, 0.717) is 31.4 Å². The first-order valence-corrected chi connectivity index (χ1v) is 12.3. The molecule has 0 aliphatic carbocycles. The summed E-state index contributed by atoms with van der Waals surface area (Å²) < 4.78 is 0. The minimum atomic E-state index is -1.50. The van der Waals surface area contributed by atoms with E-state index in [1.165, 1.54) is 0 Å². The molecule has 37 heavy (non-hydrogen) atoms. The van der Waals surface area contributed by atoms with E-state index in [0.717, 1.165) is 0 Å². The molecule has 3 amide bonds. The molecule has 0 aliphatic rings. The van der Waals surface area contributed by atoms with Crippen molar-refractivity contribution in [3.8, 4) is 0 Å². The summed E-state index contributed by atoms with van der Waals surface area (Å²) in [6.07, 6.45) is 0.991. The van der Waals surface area contributed by atoms with Crippen molar-refractivity contribution < 1.29 is 34.2 Å². The van der Waals surface area contributed by atoms with Crippen LogP contribution in [0.2, 0.25) is 0 Å². The van der Waals surface area contributed by atoms with Crippen LogP contribution in [0, 0.1) is 5.92 Å². The van der Waals surface area contributed by atoms with Gasteiger partial charge in [0.05, 0.1) is 12.5 Å². The van der Waals surface area contributed by atoms with Crippen LogP contribution in [0.1, 0.15) is 51.5 Å². The monoisotopic (exact) mass is 521 g/mol. The standard InChI is InChI=1S/C25H39N5O7/c1-15(2)12-20(25(36)37)30-23(34)18(13-16-8-4-3-5-9-16)29-24(35)19(14-21(31)32)28-22(33)17(27)10-6-7-11-26/h3-5,8-9,15,17-20H,6-7,10-14,26-27H2,1-2H3,(H,28,33)(H,29,35)(H,30,34)(H,31,32)(H,36,37). The molecule has 0 saturated heterocycles. The SMILES string of the molecule is CC(C)CC(NC(=O)C(Cc1ccccc1)NC(=O)C(CC(=O)O)NC(=O)C(N)CCCCN)C(=O)O. The third-order valence-electron chi connectivity index (χ3n) is 5.56. The van der Waals surface area contributed by atoms with Crippen molar-refractivity contribution in [1.82, 2.24) is 16.0 Å². The molecule has 0 radical (unpaired) electrons. The average molecular weight is 522 g/mol. The summed E-state index contributed by atoms with van der Waals surface area (Å²) in [7, 11) is 0. The topological polar surface area (TPSA) is 214 Å². The van der Waals surface area contributed by atoms with E-state index in [4.69, 9.17) is 11.5 Å². The van der Waals surface area contributed by atoms with E-state index >= 15 is 0 Å². The van der Waals surface area contributed by atoms with Gasteiger partial charge >= 0.3 is 11.9 Å². The molecule has 206 valence electrons. The van der Waals surface area contributed by atoms with Gasteiger partial charge in [-0.05, 0) is 37.3 Å². The lowest BCUT2D eigenvalue weighted by atomic mass is 10.0. The Bertz CT molecular complexity index is 910. The number of carbonyl (C=O) groups is 5. The zero-order valence-electron chi connectivity index (χ0n) is 21.3. The van der Waals surface area contributed by atoms with Crippen molar-refractivity contribution >= 4 is 29.7 Å². The number of hydrogen-bond donors (Lipinski definition) is 7. The summed E-state index contributed by atoms with van der Waals surface area (Å²) in [5.41, 5.74) is 12.0. The first-order chi connectivity index (χ1) is 17.4. The maximum Gasteiger partial charge on any atom is 0.326 e. The lowest BCUT2D eigenvalue weighted by Crippen LogP contribution is -2.58. The Morgan fingerprint density at radius 3 is 1.95 bits per heavy atom. The van der Waals surface area contributed by atoms with Gasteiger partial charge in [0.1, 0.15) is 18.1 Å². The summed E-state index contributed by atoms with van der Waals surface area (Å²) in [6, 6.07) is 3.84. The van der Waals surface area contributed by atoms with Crippen molar-refractivity contribution in [2.75, 3.05) is 6.54 Å². The van der Waals surface area contributed by atoms with Crippen molar-refractivity contribution in [3.05, 3.63) is 35.9 Å². The highest BCUT2D eigenvalue weighted by molar-refractivity contribution is 5.95. The van der Waals surface area contributed by atoms with Crippen molar-refractivity contribution in [1.29, 1.82) is 0 Å². The molecule has 0 heterocycles. The summed E-state index contributed by atoms with van der Waals surface area (Å²) in [6.45, 7) is 4.06. The number of unbranched alkanes of at least 4 members (excludes halogenated alkanes) is 1. The molecule has 0 aromatic heterocycles. The highest BCUT2D eigenvalue weighted by Gasteiger charge is 2.31. The molecule has 1 aromatic carbocycles. The van der Waals surface area contributed by atoms with Crippen molar-refractivity contribution in [3.63, 3.8) is 0 Å². The normalized spacial score (nSPS) is 14.2. The first-order valence-electron chi connectivity index (χ1n) is 12.3. The van der Waals surface area contributed by atoms with Crippen molar-refractivity contribution in [2.24, 2.45) is 17.4 Å². The Hall–Kier alpha value is -3.51. The number of aliphatic carboxylic acids is 2. The second-order valence-electron chi connectivity index (χ2n) is 9.33. The minimum Gasteiger partial charge on any atom is -0.481 e. The second kappa shape index (κ2) is 16.3. The predicted octanol–water partition coefficient (Wildman–Crippen LogP) is -0.255. The van der Waals surface area contributed by atoms with Gasteiger partial charge in [-0.15, -0.1) is 0 Å². The van der Waals surface area contributed by atoms with E-state index in [1.807, 2.05) is 13.8 Å². The van der Waals surface area contributed by atoms with Crippen LogP contribution in [-0.4, -0.2) is 70.6 Å². The van der Waals surface area contributed by atoms with Gasteiger partial charge in [0.25, 0.3) is 0 Å². The Morgan fingerprint density at radius 2 is 1.41 bits per heavy atom. The fourth-order valence-electron chi connectivity index (χ4n) is 3.60. The molecule has 0 saturated carbocycles. The molecule has 12 nitrogen and oxygen atoms in total. The summed E-state index contributed by atoms with van der Waals surface area (Å²) in [5, 5.41) is 26.1. The fourth-order valence-corrected chi connectivity index (χ4v) is 3.60. The lowest BCUT2D eigenvalue weighted by Gasteiger charge is -2.25. The van der Waals surface area contributed by atoms with Gasteiger partial charge in [0.2, 0.25) is 17.7 Å². The summed E-state index contributed by atoms with van der Waals surface area (Å²) in [4.78, 5) is 61.7. The van der Waals surface area contributed by atoms with Crippen LogP contribution in [0.4, 0.5) is 0 Å². The highest BCUT2D eigenvalue weighted by atomic mass is 16.4. The average Bonchev–Trinajstić information content (AvgIpc) is 2.82. The molecule has 4 atom stereocenters. The molecule has 4 unspecified atom stereocenters. The lowest BCUT2D eigenvalue weighted by molar-refractivity contribution is -0.143. The number of carboxylic acid groups (broad SMARTS) is 2. The number of hydrogen-bond acceptors (Lipinski definition) is 7. The zero-order valence-corrected chi connectivity index (χ0v) is 21.3. The minimum absolute atomic E-state index is 0.0127. The van der Waals surface area contributed by atoms with Gasteiger partial charge in [-0.1, -0.05) is 50.6 Å². The summed E-state index contributed by atoms with van der Waals surface area (Å²) in [5.74, 6) is -4.94. The molecule has 0 aliphatic heterocycles. The molecule has 12 heteroatoms. The predicted molar refractivity (Wildman–Crippen MR) is 136 cm³/mol. The molecule has 9 N–H and O–H groups in total. The van der Waals surface area contributed by atoms with Crippen LogP contribution in [0.15, 0.2) is 30.3 Å². The Balaban J connectivity index is 3.08. The number of nitrogens with one attached hydrogen (secondary N) is 3. The Morgan fingerprint density at radius 1 is 0.838 bits per heavy atom. The maximum absolute atomic E-state index is 13.1. The van der Waals surface area contributed by atoms with Crippen LogP contribution in [-0.2, 0) is 30.4 Å². The van der Waals surface area contributed by atoms with Gasteiger partial charge in [-0.3, -0.25) is 19.2 Å². The fraction of sp³-hybridized carbons (Fsp3) is 0.560. The van der Waals surface area contributed by atoms with E-state index in [1.54, 1.807) is 30.3 Å². The quantitative estimate of drug-likeness (QED) is 0.134. The number of carboxylic acids is 2. The van der Waals surface area contributed by atoms with Crippen LogP contribution in [0.5, 0.6) is 0 Å². The molecule has 1 rings (SSSR count). The van der Waals surface area contributed by atoms with Gasteiger partial charge < -0.3 is 37.6 Å². The first kappa shape index (κ1) is 31.5. The van der Waals surface area contributed by atoms with Crippen molar-refractivity contribution in [2.45, 2.75) is 76.5 Å². The van der Waals surface area contributed by atoms with E-state index in [9.17, 15) is 34.2 Å². The van der Waals surface area contributed by atoms with E-state index in [-0.39, 0.29) is 18.8 Å².